The molecule has 2 nitrogen and oxygen atoms in total. The Morgan fingerprint density at radius 3 is 2.61 bits per heavy atom. The number of ether oxygens (including phenoxy) is 1. The molecule has 1 aromatic rings. The van der Waals surface area contributed by atoms with Crippen molar-refractivity contribution in [2.75, 3.05) is 19.8 Å². The highest BCUT2D eigenvalue weighted by atomic mass is 16.5. The van der Waals surface area contributed by atoms with Gasteiger partial charge in [0, 0.05) is 19.8 Å². The zero-order chi connectivity index (χ0) is 13.4. The Morgan fingerprint density at radius 2 is 1.94 bits per heavy atom. The van der Waals surface area contributed by atoms with E-state index in [1.807, 2.05) is 0 Å². The minimum atomic E-state index is 0.633. The molecule has 0 atom stereocenters. The second-order valence-electron chi connectivity index (χ2n) is 5.42. The van der Waals surface area contributed by atoms with Gasteiger partial charge in [0.25, 0.3) is 0 Å². The van der Waals surface area contributed by atoms with Crippen LogP contribution in [0.2, 0.25) is 0 Å². The van der Waals surface area contributed by atoms with Crippen LogP contribution in [-0.4, -0.2) is 19.8 Å². The number of nitrogens with one attached hydrogen (secondary N) is 1. The van der Waals surface area contributed by atoms with Gasteiger partial charge in [-0.15, -0.1) is 0 Å². The van der Waals surface area contributed by atoms with Gasteiger partial charge in [-0.3, -0.25) is 0 Å². The van der Waals surface area contributed by atoms with Crippen LogP contribution in [0.3, 0.4) is 0 Å². The molecule has 0 saturated carbocycles. The molecule has 0 aliphatic rings. The zero-order valence-electron chi connectivity index (χ0n) is 12.3. The van der Waals surface area contributed by atoms with Crippen LogP contribution in [0.25, 0.3) is 0 Å². The van der Waals surface area contributed by atoms with E-state index < -0.39 is 0 Å². The van der Waals surface area contributed by atoms with Crippen molar-refractivity contribution >= 4 is 0 Å². The molecule has 1 aromatic carbocycles. The third-order valence-corrected chi connectivity index (χ3v) is 2.99. The number of hydrogen-bond donors (Lipinski definition) is 1. The van der Waals surface area contributed by atoms with Crippen molar-refractivity contribution < 1.29 is 4.74 Å². The van der Waals surface area contributed by atoms with E-state index in [1.54, 1.807) is 0 Å². The lowest BCUT2D eigenvalue weighted by Gasteiger charge is -2.08. The topological polar surface area (TPSA) is 21.3 Å². The quantitative estimate of drug-likeness (QED) is 0.712. The molecule has 0 fully saturated rings. The Hall–Kier alpha value is -0.860. The molecule has 0 aromatic heterocycles. The van der Waals surface area contributed by atoms with Crippen LogP contribution >= 0.6 is 0 Å². The Kier molecular flexibility index (Phi) is 6.99. The summed E-state index contributed by atoms with van der Waals surface area (Å²) in [6.45, 7) is 12.4. The fraction of sp³-hybridized carbons (Fsp3) is 0.625. The van der Waals surface area contributed by atoms with Gasteiger partial charge in [0.2, 0.25) is 0 Å². The third kappa shape index (κ3) is 6.18. The van der Waals surface area contributed by atoms with Crippen LogP contribution in [0.5, 0.6) is 0 Å². The summed E-state index contributed by atoms with van der Waals surface area (Å²) in [5, 5.41) is 3.46. The smallest absolute Gasteiger partial charge is 0.0489 e. The van der Waals surface area contributed by atoms with Crippen LogP contribution in [-0.2, 0) is 11.3 Å². The lowest BCUT2D eigenvalue weighted by atomic mass is 10.1. The molecule has 0 amide bonds. The number of rotatable bonds is 8. The highest BCUT2D eigenvalue weighted by Crippen LogP contribution is 2.09. The van der Waals surface area contributed by atoms with Gasteiger partial charge in [0.1, 0.15) is 0 Å². The predicted octanol–water partition coefficient (Wildman–Crippen LogP) is 3.46. The molecule has 0 spiro atoms. The summed E-state index contributed by atoms with van der Waals surface area (Å²) in [7, 11) is 0. The number of benzene rings is 1. The molecule has 0 aliphatic carbocycles. The first-order chi connectivity index (χ1) is 8.59. The normalized spacial score (nSPS) is 11.2. The molecule has 0 heterocycles. The molecule has 0 unspecified atom stereocenters. The summed E-state index contributed by atoms with van der Waals surface area (Å²) in [6.07, 6.45) is 1.08. The van der Waals surface area contributed by atoms with E-state index >= 15 is 0 Å². The fourth-order valence-electron chi connectivity index (χ4n) is 1.76. The molecular formula is C16H27NO. The lowest BCUT2D eigenvalue weighted by molar-refractivity contribution is 0.108. The van der Waals surface area contributed by atoms with Crippen molar-refractivity contribution in [2.24, 2.45) is 5.92 Å². The second kappa shape index (κ2) is 8.28. The summed E-state index contributed by atoms with van der Waals surface area (Å²) in [4.78, 5) is 0. The van der Waals surface area contributed by atoms with E-state index in [2.05, 4.69) is 51.2 Å². The number of aryl methyl sites for hydroxylation is 2. The van der Waals surface area contributed by atoms with E-state index in [1.165, 1.54) is 16.7 Å². The summed E-state index contributed by atoms with van der Waals surface area (Å²) in [6, 6.07) is 6.65. The van der Waals surface area contributed by atoms with Crippen LogP contribution in [0.15, 0.2) is 18.2 Å². The summed E-state index contributed by atoms with van der Waals surface area (Å²) in [5.41, 5.74) is 4.09. The maximum absolute atomic E-state index is 5.54. The maximum Gasteiger partial charge on any atom is 0.0489 e. The Labute approximate surface area is 112 Å². The van der Waals surface area contributed by atoms with Gasteiger partial charge in [0.15, 0.2) is 0 Å². The van der Waals surface area contributed by atoms with Crippen LogP contribution in [0.1, 0.15) is 37.0 Å². The van der Waals surface area contributed by atoms with Gasteiger partial charge in [-0.1, -0.05) is 32.0 Å². The van der Waals surface area contributed by atoms with E-state index in [0.717, 1.165) is 32.7 Å². The van der Waals surface area contributed by atoms with Gasteiger partial charge < -0.3 is 10.1 Å². The van der Waals surface area contributed by atoms with Crippen molar-refractivity contribution in [3.05, 3.63) is 34.9 Å². The van der Waals surface area contributed by atoms with Crippen molar-refractivity contribution in [3.63, 3.8) is 0 Å². The second-order valence-corrected chi connectivity index (χ2v) is 5.42. The van der Waals surface area contributed by atoms with Gasteiger partial charge in [-0.05, 0) is 49.4 Å². The largest absolute Gasteiger partial charge is 0.381 e. The monoisotopic (exact) mass is 249 g/mol. The molecule has 18 heavy (non-hydrogen) atoms. The minimum absolute atomic E-state index is 0.633. The van der Waals surface area contributed by atoms with E-state index in [9.17, 15) is 0 Å². The van der Waals surface area contributed by atoms with Crippen LogP contribution < -0.4 is 5.32 Å². The van der Waals surface area contributed by atoms with E-state index in [-0.39, 0.29) is 0 Å². The molecule has 0 saturated heterocycles. The highest BCUT2D eigenvalue weighted by Gasteiger charge is 1.97. The molecule has 0 aliphatic heterocycles. The van der Waals surface area contributed by atoms with E-state index in [0.29, 0.717) is 5.92 Å². The summed E-state index contributed by atoms with van der Waals surface area (Å²) in [5.74, 6) is 0.633. The molecule has 1 N–H and O–H groups in total. The summed E-state index contributed by atoms with van der Waals surface area (Å²) >= 11 is 0. The number of hydrogen-bond acceptors (Lipinski definition) is 2. The average Bonchev–Trinajstić information content (AvgIpc) is 2.32. The van der Waals surface area contributed by atoms with Crippen molar-refractivity contribution in [1.29, 1.82) is 0 Å². The molecule has 2 heteroatoms. The van der Waals surface area contributed by atoms with E-state index in [4.69, 9.17) is 4.74 Å². The van der Waals surface area contributed by atoms with Gasteiger partial charge in [-0.25, -0.2) is 0 Å². The maximum atomic E-state index is 5.54. The Bertz CT molecular complexity index is 347. The molecule has 1 rings (SSSR count). The average molecular weight is 249 g/mol. The van der Waals surface area contributed by atoms with Crippen molar-refractivity contribution in [1.82, 2.24) is 5.32 Å². The molecular weight excluding hydrogens is 222 g/mol. The van der Waals surface area contributed by atoms with Crippen LogP contribution in [0.4, 0.5) is 0 Å². The lowest BCUT2D eigenvalue weighted by Crippen LogP contribution is -2.17. The van der Waals surface area contributed by atoms with Gasteiger partial charge in [-0.2, -0.15) is 0 Å². The van der Waals surface area contributed by atoms with Crippen molar-refractivity contribution in [3.8, 4) is 0 Å². The third-order valence-electron chi connectivity index (χ3n) is 2.99. The van der Waals surface area contributed by atoms with Crippen LogP contribution in [0, 0.1) is 19.8 Å². The zero-order valence-corrected chi connectivity index (χ0v) is 12.3. The first-order valence-electron chi connectivity index (χ1n) is 6.94. The molecule has 102 valence electrons. The fourth-order valence-corrected chi connectivity index (χ4v) is 1.76. The Morgan fingerprint density at radius 1 is 1.17 bits per heavy atom. The SMILES string of the molecule is Cc1ccc(CNCCCOCC(C)C)cc1C. The predicted molar refractivity (Wildman–Crippen MR) is 77.9 cm³/mol. The highest BCUT2D eigenvalue weighted by molar-refractivity contribution is 5.29. The Balaban J connectivity index is 2.09. The first kappa shape index (κ1) is 15.2. The first-order valence-corrected chi connectivity index (χ1v) is 6.94. The molecule has 0 radical (unpaired) electrons. The minimum Gasteiger partial charge on any atom is -0.381 e. The van der Waals surface area contributed by atoms with Crippen molar-refractivity contribution in [2.45, 2.75) is 40.7 Å². The molecule has 0 bridgehead atoms. The summed E-state index contributed by atoms with van der Waals surface area (Å²) < 4.78 is 5.54. The van der Waals surface area contributed by atoms with Gasteiger partial charge in [0.05, 0.1) is 0 Å². The standard InChI is InChI=1S/C16H27NO/c1-13(2)12-18-9-5-8-17-11-16-7-6-14(3)15(4)10-16/h6-7,10,13,17H,5,8-9,11-12H2,1-4H3. The van der Waals surface area contributed by atoms with Gasteiger partial charge >= 0.3 is 0 Å².